The molecule has 1 aliphatic rings. The number of aliphatic hydroxyl groups excluding tert-OH is 1. The average Bonchev–Trinajstić information content (AvgIpc) is 2.18. The molecule has 0 aliphatic heterocycles. The Morgan fingerprint density at radius 3 is 2.39 bits per heavy atom. The summed E-state index contributed by atoms with van der Waals surface area (Å²) in [4.78, 5) is 22.5. The summed E-state index contributed by atoms with van der Waals surface area (Å²) >= 11 is 0. The first-order valence-corrected chi connectivity index (χ1v) is 6.09. The molecule has 104 valence electrons. The van der Waals surface area contributed by atoms with E-state index in [1.165, 1.54) is 0 Å². The molecule has 18 heavy (non-hydrogen) atoms. The maximum Gasteiger partial charge on any atom is 0.407 e. The van der Waals surface area contributed by atoms with Crippen molar-refractivity contribution in [2.24, 2.45) is 5.92 Å². The molecular weight excluding hydrogens is 238 g/mol. The lowest BCUT2D eigenvalue weighted by Gasteiger charge is -2.32. The molecule has 1 saturated carbocycles. The topological polar surface area (TPSA) is 95.9 Å². The van der Waals surface area contributed by atoms with Crippen LogP contribution < -0.4 is 5.32 Å². The SMILES string of the molecule is CC(C)(C)OC(=O)N[C@H]1C[C@H](C(=O)O)CC[C@@H]1O. The van der Waals surface area contributed by atoms with Gasteiger partial charge in [-0.2, -0.15) is 0 Å². The van der Waals surface area contributed by atoms with Crippen molar-refractivity contribution < 1.29 is 24.5 Å². The summed E-state index contributed by atoms with van der Waals surface area (Å²) in [7, 11) is 0. The highest BCUT2D eigenvalue weighted by molar-refractivity contribution is 5.71. The van der Waals surface area contributed by atoms with Gasteiger partial charge in [0.25, 0.3) is 0 Å². The van der Waals surface area contributed by atoms with Gasteiger partial charge in [-0.15, -0.1) is 0 Å². The number of alkyl carbamates (subject to hydrolysis) is 1. The Morgan fingerprint density at radius 2 is 1.89 bits per heavy atom. The Hall–Kier alpha value is -1.30. The Morgan fingerprint density at radius 1 is 1.28 bits per heavy atom. The second-order valence-electron chi connectivity index (χ2n) is 5.67. The second kappa shape index (κ2) is 5.56. The number of hydrogen-bond acceptors (Lipinski definition) is 4. The Labute approximate surface area is 106 Å². The van der Waals surface area contributed by atoms with Crippen molar-refractivity contribution in [2.45, 2.75) is 57.8 Å². The minimum Gasteiger partial charge on any atom is -0.481 e. The highest BCUT2D eigenvalue weighted by atomic mass is 16.6. The third kappa shape index (κ3) is 4.52. The van der Waals surface area contributed by atoms with Gasteiger partial charge in [0, 0.05) is 0 Å². The molecule has 6 nitrogen and oxygen atoms in total. The van der Waals surface area contributed by atoms with E-state index in [-0.39, 0.29) is 6.42 Å². The van der Waals surface area contributed by atoms with Crippen molar-refractivity contribution in [3.63, 3.8) is 0 Å². The molecule has 3 N–H and O–H groups in total. The smallest absolute Gasteiger partial charge is 0.407 e. The van der Waals surface area contributed by atoms with Crippen LogP contribution in [0.3, 0.4) is 0 Å². The molecule has 0 spiro atoms. The zero-order chi connectivity index (χ0) is 13.9. The fourth-order valence-electron chi connectivity index (χ4n) is 1.99. The molecule has 1 rings (SSSR count). The molecule has 0 aromatic heterocycles. The van der Waals surface area contributed by atoms with Gasteiger partial charge in [0.15, 0.2) is 0 Å². The van der Waals surface area contributed by atoms with Crippen LogP contribution >= 0.6 is 0 Å². The van der Waals surface area contributed by atoms with E-state index in [1.807, 2.05) is 0 Å². The van der Waals surface area contributed by atoms with Gasteiger partial charge in [0.05, 0.1) is 18.1 Å². The van der Waals surface area contributed by atoms with Gasteiger partial charge < -0.3 is 20.3 Å². The number of nitrogens with one attached hydrogen (secondary N) is 1. The summed E-state index contributed by atoms with van der Waals surface area (Å²) < 4.78 is 5.08. The van der Waals surface area contributed by atoms with E-state index in [9.17, 15) is 14.7 Å². The summed E-state index contributed by atoms with van der Waals surface area (Å²) in [6.45, 7) is 5.22. The van der Waals surface area contributed by atoms with E-state index in [4.69, 9.17) is 9.84 Å². The molecular formula is C12H21NO5. The van der Waals surface area contributed by atoms with Crippen molar-refractivity contribution in [1.29, 1.82) is 0 Å². The monoisotopic (exact) mass is 259 g/mol. The molecule has 0 unspecified atom stereocenters. The normalized spacial score (nSPS) is 28.6. The number of carboxylic acids is 1. The molecule has 6 heteroatoms. The molecule has 1 aliphatic carbocycles. The summed E-state index contributed by atoms with van der Waals surface area (Å²) in [6.07, 6.45) is -0.304. The number of amides is 1. The number of carbonyl (C=O) groups excluding carboxylic acids is 1. The van der Waals surface area contributed by atoms with E-state index in [2.05, 4.69) is 5.32 Å². The molecule has 0 bridgehead atoms. The lowest BCUT2D eigenvalue weighted by molar-refractivity contribution is -0.144. The number of rotatable bonds is 2. The number of carboxylic acid groups (broad SMARTS) is 1. The second-order valence-corrected chi connectivity index (χ2v) is 5.67. The van der Waals surface area contributed by atoms with Gasteiger partial charge in [-0.25, -0.2) is 4.79 Å². The van der Waals surface area contributed by atoms with Crippen LogP contribution in [-0.2, 0) is 9.53 Å². The van der Waals surface area contributed by atoms with Gasteiger partial charge in [0.2, 0.25) is 0 Å². The highest BCUT2D eigenvalue weighted by Gasteiger charge is 2.34. The Kier molecular flexibility index (Phi) is 4.56. The van der Waals surface area contributed by atoms with Crippen LogP contribution in [0.25, 0.3) is 0 Å². The molecule has 0 aromatic rings. The predicted octanol–water partition coefficient (Wildman–Crippen LogP) is 1.13. The molecule has 0 aromatic carbocycles. The lowest BCUT2D eigenvalue weighted by atomic mass is 9.84. The van der Waals surface area contributed by atoms with Gasteiger partial charge in [-0.3, -0.25) is 4.79 Å². The van der Waals surface area contributed by atoms with Crippen molar-refractivity contribution in [1.82, 2.24) is 5.32 Å². The first-order valence-electron chi connectivity index (χ1n) is 6.09. The maximum atomic E-state index is 11.6. The third-order valence-corrected chi connectivity index (χ3v) is 2.87. The summed E-state index contributed by atoms with van der Waals surface area (Å²) in [5.41, 5.74) is -0.615. The van der Waals surface area contributed by atoms with E-state index < -0.39 is 35.7 Å². The number of aliphatic hydroxyl groups is 1. The van der Waals surface area contributed by atoms with E-state index in [1.54, 1.807) is 20.8 Å². The predicted molar refractivity (Wildman–Crippen MR) is 64.1 cm³/mol. The molecule has 1 amide bonds. The van der Waals surface area contributed by atoms with E-state index >= 15 is 0 Å². The minimum atomic E-state index is -0.891. The van der Waals surface area contributed by atoms with Gasteiger partial charge in [-0.05, 0) is 40.0 Å². The Bertz CT molecular complexity index is 323. The largest absolute Gasteiger partial charge is 0.481 e. The summed E-state index contributed by atoms with van der Waals surface area (Å²) in [5.74, 6) is -1.41. The fourth-order valence-corrected chi connectivity index (χ4v) is 1.99. The quantitative estimate of drug-likeness (QED) is 0.690. The van der Waals surface area contributed by atoms with Gasteiger partial charge in [-0.1, -0.05) is 0 Å². The molecule has 0 radical (unpaired) electrons. The maximum absolute atomic E-state index is 11.6. The number of aliphatic carboxylic acids is 1. The minimum absolute atomic E-state index is 0.232. The van der Waals surface area contributed by atoms with Crippen LogP contribution in [-0.4, -0.2) is 40.0 Å². The first kappa shape index (κ1) is 14.8. The lowest BCUT2D eigenvalue weighted by Crippen LogP contribution is -2.49. The number of ether oxygens (including phenoxy) is 1. The first-order chi connectivity index (χ1) is 8.19. The fraction of sp³-hybridized carbons (Fsp3) is 0.833. The van der Waals surface area contributed by atoms with Gasteiger partial charge in [0.1, 0.15) is 5.60 Å². The average molecular weight is 259 g/mol. The van der Waals surface area contributed by atoms with Crippen LogP contribution in [0.15, 0.2) is 0 Å². The zero-order valence-corrected chi connectivity index (χ0v) is 11.0. The summed E-state index contributed by atoms with van der Waals surface area (Å²) in [6, 6.07) is -0.560. The van der Waals surface area contributed by atoms with Gasteiger partial charge >= 0.3 is 12.1 Å². The molecule has 0 heterocycles. The van der Waals surface area contributed by atoms with Crippen LogP contribution in [0.5, 0.6) is 0 Å². The van der Waals surface area contributed by atoms with Crippen molar-refractivity contribution in [3.05, 3.63) is 0 Å². The van der Waals surface area contributed by atoms with Crippen LogP contribution in [0.2, 0.25) is 0 Å². The van der Waals surface area contributed by atoms with Crippen molar-refractivity contribution in [2.75, 3.05) is 0 Å². The van der Waals surface area contributed by atoms with Crippen molar-refractivity contribution >= 4 is 12.1 Å². The molecule has 1 fully saturated rings. The van der Waals surface area contributed by atoms with Crippen LogP contribution in [0, 0.1) is 5.92 Å². The van der Waals surface area contributed by atoms with Crippen molar-refractivity contribution in [3.8, 4) is 0 Å². The van der Waals surface area contributed by atoms with E-state index in [0.717, 1.165) is 0 Å². The molecule has 0 saturated heterocycles. The summed E-state index contributed by atoms with van der Waals surface area (Å²) in [5, 5.41) is 21.2. The highest BCUT2D eigenvalue weighted by Crippen LogP contribution is 2.25. The third-order valence-electron chi connectivity index (χ3n) is 2.87. The number of hydrogen-bond donors (Lipinski definition) is 3. The zero-order valence-electron chi connectivity index (χ0n) is 11.0. The number of carbonyl (C=O) groups is 2. The van der Waals surface area contributed by atoms with Crippen LogP contribution in [0.4, 0.5) is 4.79 Å². The standard InChI is InChI=1S/C12H21NO5/c1-12(2,3)18-11(17)13-8-6-7(10(15)16)4-5-9(8)14/h7-9,14H,4-6H2,1-3H3,(H,13,17)(H,15,16)/t7-,8+,9+/m1/s1. The van der Waals surface area contributed by atoms with E-state index in [0.29, 0.717) is 12.8 Å². The van der Waals surface area contributed by atoms with Crippen LogP contribution in [0.1, 0.15) is 40.0 Å². The molecule has 3 atom stereocenters. The Balaban J connectivity index is 2.53.